The van der Waals surface area contributed by atoms with Crippen molar-refractivity contribution in [3.05, 3.63) is 0 Å². The summed E-state index contributed by atoms with van der Waals surface area (Å²) in [5.74, 6) is 0.696. The molecule has 2 N–H and O–H groups in total. The van der Waals surface area contributed by atoms with Gasteiger partial charge in [-0.2, -0.15) is 0 Å². The van der Waals surface area contributed by atoms with Gasteiger partial charge >= 0.3 is 0 Å². The molecule has 0 aromatic rings. The zero-order valence-electron chi connectivity index (χ0n) is 10.7. The Labute approximate surface area is 104 Å². The van der Waals surface area contributed by atoms with Crippen molar-refractivity contribution < 1.29 is 9.53 Å². The van der Waals surface area contributed by atoms with Crippen molar-refractivity contribution in [3.63, 3.8) is 0 Å². The molecular weight excluding hydrogens is 214 g/mol. The van der Waals surface area contributed by atoms with Crippen LogP contribution in [0.15, 0.2) is 0 Å². The van der Waals surface area contributed by atoms with Crippen molar-refractivity contribution in [2.24, 2.45) is 11.7 Å². The van der Waals surface area contributed by atoms with Crippen molar-refractivity contribution in [1.29, 1.82) is 0 Å². The Balaban J connectivity index is 1.62. The summed E-state index contributed by atoms with van der Waals surface area (Å²) in [5.41, 5.74) is 5.92. The molecule has 0 aromatic heterocycles. The summed E-state index contributed by atoms with van der Waals surface area (Å²) in [5, 5.41) is 0. The maximum absolute atomic E-state index is 12.0. The summed E-state index contributed by atoms with van der Waals surface area (Å²) in [6.07, 6.45) is 9.79. The third-order valence-corrected chi connectivity index (χ3v) is 4.14. The van der Waals surface area contributed by atoms with Crippen LogP contribution in [0.1, 0.15) is 57.8 Å². The van der Waals surface area contributed by atoms with E-state index in [0.717, 1.165) is 51.6 Å². The molecule has 2 aliphatic rings. The number of ether oxygens (including phenoxy) is 1. The second-order valence-electron chi connectivity index (χ2n) is 5.62. The number of ketones is 1. The van der Waals surface area contributed by atoms with E-state index < -0.39 is 0 Å². The van der Waals surface area contributed by atoms with E-state index in [4.69, 9.17) is 10.5 Å². The number of hydrogen-bond acceptors (Lipinski definition) is 3. The third kappa shape index (κ3) is 4.07. The molecule has 3 nitrogen and oxygen atoms in total. The first kappa shape index (κ1) is 13.0. The van der Waals surface area contributed by atoms with Gasteiger partial charge in [0.15, 0.2) is 0 Å². The van der Waals surface area contributed by atoms with Gasteiger partial charge in [0.25, 0.3) is 0 Å². The average Bonchev–Trinajstić information content (AvgIpc) is 2.82. The minimum Gasteiger partial charge on any atom is -0.378 e. The second kappa shape index (κ2) is 6.50. The Kier molecular flexibility index (Phi) is 4.99. The minimum atomic E-state index is 0.253. The van der Waals surface area contributed by atoms with Crippen molar-refractivity contribution in [2.75, 3.05) is 6.61 Å². The molecule has 2 rings (SSSR count). The van der Waals surface area contributed by atoms with Gasteiger partial charge in [-0.1, -0.05) is 6.42 Å². The van der Waals surface area contributed by atoms with Crippen LogP contribution in [0.3, 0.4) is 0 Å². The molecule has 1 aliphatic carbocycles. The Bertz CT molecular complexity index is 249. The molecule has 1 heterocycles. The Morgan fingerprint density at radius 2 is 2.12 bits per heavy atom. The highest BCUT2D eigenvalue weighted by Crippen LogP contribution is 2.26. The molecule has 0 amide bonds. The largest absolute Gasteiger partial charge is 0.378 e. The molecule has 2 fully saturated rings. The van der Waals surface area contributed by atoms with Gasteiger partial charge in [0.1, 0.15) is 5.78 Å². The maximum atomic E-state index is 12.0. The summed E-state index contributed by atoms with van der Waals surface area (Å²) in [7, 11) is 0. The average molecular weight is 239 g/mol. The van der Waals surface area contributed by atoms with Crippen LogP contribution in [-0.2, 0) is 9.53 Å². The number of hydrogen-bond donors (Lipinski definition) is 1. The molecule has 0 aromatic carbocycles. The third-order valence-electron chi connectivity index (χ3n) is 4.14. The van der Waals surface area contributed by atoms with Crippen molar-refractivity contribution in [2.45, 2.75) is 69.9 Å². The number of carbonyl (C=O) groups is 1. The van der Waals surface area contributed by atoms with Crippen LogP contribution in [0.25, 0.3) is 0 Å². The summed E-state index contributed by atoms with van der Waals surface area (Å²) in [4.78, 5) is 12.0. The second-order valence-corrected chi connectivity index (χ2v) is 5.62. The van der Waals surface area contributed by atoms with E-state index in [0.29, 0.717) is 11.9 Å². The van der Waals surface area contributed by atoms with E-state index >= 15 is 0 Å². The first-order valence-electron chi connectivity index (χ1n) is 7.15. The molecule has 1 saturated carbocycles. The van der Waals surface area contributed by atoms with Gasteiger partial charge in [0.2, 0.25) is 0 Å². The van der Waals surface area contributed by atoms with E-state index in [9.17, 15) is 4.79 Å². The molecule has 1 aliphatic heterocycles. The Morgan fingerprint density at radius 3 is 2.82 bits per heavy atom. The SMILES string of the molecule is NC1CCCC(C(=O)CCCC2CCCO2)C1. The molecule has 17 heavy (non-hydrogen) atoms. The fourth-order valence-electron chi connectivity index (χ4n) is 3.10. The van der Waals surface area contributed by atoms with Crippen LogP contribution < -0.4 is 5.73 Å². The van der Waals surface area contributed by atoms with E-state index in [-0.39, 0.29) is 12.0 Å². The van der Waals surface area contributed by atoms with Crippen molar-refractivity contribution in [1.82, 2.24) is 0 Å². The van der Waals surface area contributed by atoms with E-state index in [1.807, 2.05) is 0 Å². The predicted octanol–water partition coefficient (Wildman–Crippen LogP) is 2.42. The van der Waals surface area contributed by atoms with Crippen LogP contribution in [-0.4, -0.2) is 24.5 Å². The summed E-state index contributed by atoms with van der Waals surface area (Å²) < 4.78 is 5.57. The molecule has 3 atom stereocenters. The van der Waals surface area contributed by atoms with E-state index in [1.165, 1.54) is 12.8 Å². The summed E-state index contributed by atoms with van der Waals surface area (Å²) in [6, 6.07) is 0.260. The molecule has 3 heteroatoms. The topological polar surface area (TPSA) is 52.3 Å². The van der Waals surface area contributed by atoms with Crippen LogP contribution in [0.4, 0.5) is 0 Å². The van der Waals surface area contributed by atoms with Gasteiger partial charge in [-0.25, -0.2) is 0 Å². The van der Waals surface area contributed by atoms with Gasteiger partial charge in [-0.15, -0.1) is 0 Å². The van der Waals surface area contributed by atoms with Gasteiger partial charge < -0.3 is 10.5 Å². The minimum absolute atomic E-state index is 0.253. The highest BCUT2D eigenvalue weighted by Gasteiger charge is 2.25. The zero-order chi connectivity index (χ0) is 12.1. The number of rotatable bonds is 5. The summed E-state index contributed by atoms with van der Waals surface area (Å²) >= 11 is 0. The quantitative estimate of drug-likeness (QED) is 0.801. The van der Waals surface area contributed by atoms with Gasteiger partial charge in [-0.3, -0.25) is 4.79 Å². The highest BCUT2D eigenvalue weighted by atomic mass is 16.5. The van der Waals surface area contributed by atoms with Crippen LogP contribution in [0, 0.1) is 5.92 Å². The molecule has 3 unspecified atom stereocenters. The monoisotopic (exact) mass is 239 g/mol. The van der Waals surface area contributed by atoms with Gasteiger partial charge in [0.05, 0.1) is 6.10 Å². The molecule has 0 spiro atoms. The van der Waals surface area contributed by atoms with Crippen LogP contribution in [0.2, 0.25) is 0 Å². The molecular formula is C14H25NO2. The number of carbonyl (C=O) groups excluding carboxylic acids is 1. The number of Topliss-reactive ketones (excluding diaryl/α,β-unsaturated/α-hetero) is 1. The maximum Gasteiger partial charge on any atom is 0.136 e. The van der Waals surface area contributed by atoms with Gasteiger partial charge in [0, 0.05) is 25.0 Å². The fraction of sp³-hybridized carbons (Fsp3) is 0.929. The predicted molar refractivity (Wildman–Crippen MR) is 67.8 cm³/mol. The Morgan fingerprint density at radius 1 is 1.24 bits per heavy atom. The lowest BCUT2D eigenvalue weighted by Crippen LogP contribution is -2.31. The first-order valence-corrected chi connectivity index (χ1v) is 7.15. The smallest absolute Gasteiger partial charge is 0.136 e. The van der Waals surface area contributed by atoms with Crippen molar-refractivity contribution >= 4 is 5.78 Å². The first-order chi connectivity index (χ1) is 8.25. The lowest BCUT2D eigenvalue weighted by Gasteiger charge is -2.25. The van der Waals surface area contributed by atoms with E-state index in [2.05, 4.69) is 0 Å². The van der Waals surface area contributed by atoms with Crippen LogP contribution >= 0.6 is 0 Å². The lowest BCUT2D eigenvalue weighted by atomic mass is 9.82. The van der Waals surface area contributed by atoms with E-state index in [1.54, 1.807) is 0 Å². The normalized spacial score (nSPS) is 33.8. The molecule has 98 valence electrons. The highest BCUT2D eigenvalue weighted by molar-refractivity contribution is 5.81. The van der Waals surface area contributed by atoms with Crippen molar-refractivity contribution in [3.8, 4) is 0 Å². The van der Waals surface area contributed by atoms with Crippen LogP contribution in [0.5, 0.6) is 0 Å². The van der Waals surface area contributed by atoms with Gasteiger partial charge in [-0.05, 0) is 44.9 Å². The standard InChI is InChI=1S/C14H25NO2/c15-12-5-1-4-11(10-12)14(16)8-2-6-13-7-3-9-17-13/h11-13H,1-10,15H2. The summed E-state index contributed by atoms with van der Waals surface area (Å²) in [6.45, 7) is 0.913. The molecule has 0 bridgehead atoms. The number of nitrogens with two attached hydrogens (primary N) is 1. The Hall–Kier alpha value is -0.410. The molecule has 1 saturated heterocycles. The molecule has 0 radical (unpaired) electrons. The fourth-order valence-corrected chi connectivity index (χ4v) is 3.10. The lowest BCUT2D eigenvalue weighted by molar-refractivity contribution is -0.124. The zero-order valence-corrected chi connectivity index (χ0v) is 10.7.